The fourth-order valence-corrected chi connectivity index (χ4v) is 7.14. The molecule has 2 N–H and O–H groups in total. The third-order valence-electron chi connectivity index (χ3n) is 9.37. The molecule has 4 aromatic rings. The highest BCUT2D eigenvalue weighted by Crippen LogP contribution is 2.59. The maximum Gasteiger partial charge on any atom is 0.302 e. The molecule has 2 aliphatic rings. The molecule has 44 heavy (non-hydrogen) atoms. The Morgan fingerprint density at radius 1 is 0.523 bits per heavy atom. The first-order valence-electron chi connectivity index (χ1n) is 15.1. The monoisotopic (exact) mass is 592 g/mol. The summed E-state index contributed by atoms with van der Waals surface area (Å²) in [6.45, 7) is 6.68. The molecule has 6 rings (SSSR count). The quantitative estimate of drug-likeness (QED) is 0.249. The minimum absolute atomic E-state index is 0.163. The molecule has 0 radical (unpaired) electrons. The maximum absolute atomic E-state index is 11.4. The van der Waals surface area contributed by atoms with E-state index in [0.717, 1.165) is 22.3 Å². The van der Waals surface area contributed by atoms with E-state index in [0.29, 0.717) is 0 Å². The third-order valence-corrected chi connectivity index (χ3v) is 9.37. The summed E-state index contributed by atoms with van der Waals surface area (Å²) in [7, 11) is 0. The molecule has 2 aliphatic carbocycles. The predicted molar refractivity (Wildman–Crippen MR) is 168 cm³/mol. The van der Waals surface area contributed by atoms with E-state index in [4.69, 9.17) is 9.47 Å². The summed E-state index contributed by atoms with van der Waals surface area (Å²) in [6, 6.07) is 38.8. The van der Waals surface area contributed by atoms with Gasteiger partial charge in [0.1, 0.15) is 23.4 Å². The number of hydrogen-bond donors (Lipinski definition) is 2. The van der Waals surface area contributed by atoms with Gasteiger partial charge in [-0.1, -0.05) is 135 Å². The summed E-state index contributed by atoms with van der Waals surface area (Å²) in [5.74, 6) is -1.46. The highest BCUT2D eigenvalue weighted by atomic mass is 16.6. The fraction of sp³-hybridized carbons (Fsp3) is 0.316. The number of rotatable bonds is 6. The van der Waals surface area contributed by atoms with Crippen molar-refractivity contribution in [3.05, 3.63) is 144 Å². The zero-order valence-corrected chi connectivity index (χ0v) is 25.5. The first-order chi connectivity index (χ1) is 21.1. The zero-order chi connectivity index (χ0) is 31.5. The van der Waals surface area contributed by atoms with Crippen LogP contribution in [0, 0.1) is 11.8 Å². The van der Waals surface area contributed by atoms with Crippen molar-refractivity contribution in [2.75, 3.05) is 0 Å². The maximum atomic E-state index is 11.4. The van der Waals surface area contributed by atoms with Crippen LogP contribution < -0.4 is 0 Å². The SMILES string of the molecule is CC(=O)O[C@@H]1[C@@H](C)[C@](O)(c2ccccc2)[C@@H]1c1ccccc1.CC(=O)O[C@H]1[C@H](C)[C@@](O)(c2ccccc2)[C@H]1c1ccccc1. The zero-order valence-electron chi connectivity index (χ0n) is 25.5. The molecule has 0 amide bonds. The van der Waals surface area contributed by atoms with Crippen LogP contribution in [0.5, 0.6) is 0 Å². The summed E-state index contributed by atoms with van der Waals surface area (Å²) in [4.78, 5) is 22.8. The summed E-state index contributed by atoms with van der Waals surface area (Å²) in [5.41, 5.74) is 1.64. The number of hydrogen-bond acceptors (Lipinski definition) is 6. The van der Waals surface area contributed by atoms with Gasteiger partial charge in [0.15, 0.2) is 0 Å². The molecule has 2 fully saturated rings. The average Bonchev–Trinajstić information content (AvgIpc) is 3.05. The van der Waals surface area contributed by atoms with Crippen molar-refractivity contribution < 1.29 is 29.3 Å². The highest BCUT2D eigenvalue weighted by molar-refractivity contribution is 5.67. The van der Waals surface area contributed by atoms with Crippen molar-refractivity contribution in [3.63, 3.8) is 0 Å². The lowest BCUT2D eigenvalue weighted by Gasteiger charge is -2.56. The molecule has 0 saturated heterocycles. The Kier molecular flexibility index (Phi) is 9.05. The van der Waals surface area contributed by atoms with Crippen molar-refractivity contribution in [2.24, 2.45) is 11.8 Å². The van der Waals surface area contributed by atoms with Gasteiger partial charge in [-0.25, -0.2) is 0 Å². The second-order valence-corrected chi connectivity index (χ2v) is 11.9. The molecule has 0 bridgehead atoms. The van der Waals surface area contributed by atoms with E-state index >= 15 is 0 Å². The Balaban J connectivity index is 0.000000175. The summed E-state index contributed by atoms with van der Waals surface area (Å²) in [6.07, 6.45) is -0.629. The molecular weight excluding hydrogens is 552 g/mol. The number of ether oxygens (including phenoxy) is 2. The Hall–Kier alpha value is -4.26. The van der Waals surface area contributed by atoms with E-state index in [1.807, 2.05) is 135 Å². The third kappa shape index (κ3) is 5.56. The minimum Gasteiger partial charge on any atom is -0.461 e. The second-order valence-electron chi connectivity index (χ2n) is 11.9. The number of benzene rings is 4. The van der Waals surface area contributed by atoms with Crippen LogP contribution in [0.3, 0.4) is 0 Å². The van der Waals surface area contributed by atoms with Gasteiger partial charge >= 0.3 is 11.9 Å². The summed E-state index contributed by atoms with van der Waals surface area (Å²) < 4.78 is 11.0. The summed E-state index contributed by atoms with van der Waals surface area (Å²) in [5, 5.41) is 22.7. The number of esters is 2. The van der Waals surface area contributed by atoms with Gasteiger partial charge in [0, 0.05) is 25.7 Å². The normalized spacial score (nSPS) is 30.4. The Morgan fingerprint density at radius 2 is 0.795 bits per heavy atom. The molecule has 6 heteroatoms. The van der Waals surface area contributed by atoms with Crippen LogP contribution in [0.1, 0.15) is 61.8 Å². The van der Waals surface area contributed by atoms with E-state index in [9.17, 15) is 19.8 Å². The summed E-state index contributed by atoms with van der Waals surface area (Å²) >= 11 is 0. The van der Waals surface area contributed by atoms with Crippen LogP contribution in [0.15, 0.2) is 121 Å². The van der Waals surface area contributed by atoms with Gasteiger partial charge in [0.25, 0.3) is 0 Å². The standard InChI is InChI=1S/2C19H20O3/c2*1-13-18(22-14(2)20)17(15-9-5-3-6-10-15)19(13,21)16-11-7-4-8-12-16/h2*3-13,17-18,21H,1-2H3/t2*13-,17-,18-,19+/m10/s1. The van der Waals surface area contributed by atoms with Gasteiger partial charge in [-0.3, -0.25) is 9.59 Å². The van der Waals surface area contributed by atoms with E-state index in [2.05, 4.69) is 0 Å². The molecule has 8 atom stereocenters. The van der Waals surface area contributed by atoms with Gasteiger partial charge in [-0.05, 0) is 22.3 Å². The Bertz CT molecular complexity index is 1420. The Morgan fingerprint density at radius 3 is 1.07 bits per heavy atom. The topological polar surface area (TPSA) is 93.1 Å². The molecule has 0 spiro atoms. The van der Waals surface area contributed by atoms with Crippen LogP contribution in [-0.4, -0.2) is 34.4 Å². The first kappa shape index (κ1) is 31.2. The lowest BCUT2D eigenvalue weighted by atomic mass is 9.54. The number of aliphatic hydroxyl groups is 2. The van der Waals surface area contributed by atoms with Crippen LogP contribution in [-0.2, 0) is 30.3 Å². The van der Waals surface area contributed by atoms with Crippen LogP contribution in [0.25, 0.3) is 0 Å². The fourth-order valence-electron chi connectivity index (χ4n) is 7.14. The molecule has 0 aromatic heterocycles. The number of carbonyl (C=O) groups is 2. The molecular formula is C38H40O6. The minimum atomic E-state index is -1.03. The predicted octanol–water partition coefficient (Wildman–Crippen LogP) is 6.48. The molecule has 0 aliphatic heterocycles. The van der Waals surface area contributed by atoms with Crippen molar-refractivity contribution in [1.82, 2.24) is 0 Å². The molecule has 0 heterocycles. The highest BCUT2D eigenvalue weighted by Gasteiger charge is 2.63. The van der Waals surface area contributed by atoms with Crippen molar-refractivity contribution in [3.8, 4) is 0 Å². The van der Waals surface area contributed by atoms with Gasteiger partial charge in [-0.2, -0.15) is 0 Å². The molecule has 0 unspecified atom stereocenters. The van der Waals surface area contributed by atoms with E-state index in [1.54, 1.807) is 0 Å². The van der Waals surface area contributed by atoms with Gasteiger partial charge in [0.2, 0.25) is 0 Å². The first-order valence-corrected chi connectivity index (χ1v) is 15.1. The lowest BCUT2D eigenvalue weighted by molar-refractivity contribution is -0.216. The van der Waals surface area contributed by atoms with Gasteiger partial charge in [0.05, 0.1) is 11.8 Å². The Labute approximate surface area is 259 Å². The molecule has 6 nitrogen and oxygen atoms in total. The lowest BCUT2D eigenvalue weighted by Crippen LogP contribution is -2.61. The smallest absolute Gasteiger partial charge is 0.302 e. The van der Waals surface area contributed by atoms with Crippen LogP contribution >= 0.6 is 0 Å². The van der Waals surface area contributed by atoms with Gasteiger partial charge in [-0.15, -0.1) is 0 Å². The van der Waals surface area contributed by atoms with E-state index in [-0.39, 0.29) is 47.8 Å². The van der Waals surface area contributed by atoms with Crippen LogP contribution in [0.4, 0.5) is 0 Å². The van der Waals surface area contributed by atoms with E-state index < -0.39 is 11.2 Å². The van der Waals surface area contributed by atoms with Crippen molar-refractivity contribution >= 4 is 11.9 Å². The van der Waals surface area contributed by atoms with Crippen LogP contribution in [0.2, 0.25) is 0 Å². The van der Waals surface area contributed by atoms with Crippen molar-refractivity contribution in [2.45, 2.75) is 62.9 Å². The second kappa shape index (κ2) is 12.8. The van der Waals surface area contributed by atoms with E-state index in [1.165, 1.54) is 13.8 Å². The molecule has 2 saturated carbocycles. The van der Waals surface area contributed by atoms with Gasteiger partial charge < -0.3 is 19.7 Å². The molecule has 4 aromatic carbocycles. The average molecular weight is 593 g/mol. The number of carbonyl (C=O) groups excluding carboxylic acids is 2. The molecule has 228 valence electrons. The van der Waals surface area contributed by atoms with Crippen molar-refractivity contribution in [1.29, 1.82) is 0 Å². The largest absolute Gasteiger partial charge is 0.461 e.